The smallest absolute Gasteiger partial charge is 0.235 e. The van der Waals surface area contributed by atoms with Gasteiger partial charge in [-0.15, -0.1) is 0 Å². The van der Waals surface area contributed by atoms with E-state index in [-0.39, 0.29) is 28.9 Å². The molecule has 2 amide bonds. The van der Waals surface area contributed by atoms with Gasteiger partial charge in [-0.2, -0.15) is 0 Å². The second kappa shape index (κ2) is 7.59. The molecule has 2 aliphatic heterocycles. The first-order valence-electron chi connectivity index (χ1n) is 3.51. The SMILES string of the molecule is O=C1CSC(=S)N1.O=C1CSC(=S)N1.[Cu]. The Balaban J connectivity index is 0.000000245. The third-order valence-corrected chi connectivity index (χ3v) is 3.60. The largest absolute Gasteiger partial charge is 0.311 e. The van der Waals surface area contributed by atoms with E-state index >= 15 is 0 Å². The van der Waals surface area contributed by atoms with Gasteiger partial charge in [0.05, 0.1) is 11.5 Å². The standard InChI is InChI=1S/2C3H3NOS2.Cu/c2*5-2-1-7-3(6)4-2;/h2*1H2,(H,4,5,6);. The molecule has 0 bridgehead atoms. The van der Waals surface area contributed by atoms with Gasteiger partial charge < -0.3 is 10.6 Å². The number of carbonyl (C=O) groups is 2. The Kier molecular flexibility index (Phi) is 7.76. The summed E-state index contributed by atoms with van der Waals surface area (Å²) in [5.74, 6) is 1.04. The minimum absolute atomic E-state index is 0. The fourth-order valence-corrected chi connectivity index (χ4v) is 2.26. The van der Waals surface area contributed by atoms with Gasteiger partial charge in [0.15, 0.2) is 0 Å². The second-order valence-corrected chi connectivity index (χ2v) is 5.55. The minimum atomic E-state index is 0. The van der Waals surface area contributed by atoms with E-state index in [1.807, 2.05) is 0 Å². The quantitative estimate of drug-likeness (QED) is 0.491. The Bertz CT molecular complexity index is 252. The van der Waals surface area contributed by atoms with Crippen LogP contribution in [0.3, 0.4) is 0 Å². The molecule has 1 radical (unpaired) electrons. The average molecular weight is 330 g/mol. The monoisotopic (exact) mass is 329 g/mol. The van der Waals surface area contributed by atoms with E-state index in [0.717, 1.165) is 0 Å². The van der Waals surface area contributed by atoms with E-state index in [1.165, 1.54) is 23.5 Å². The summed E-state index contributed by atoms with van der Waals surface area (Å²) < 4.78 is 1.20. The number of nitrogens with one attached hydrogen (secondary N) is 2. The van der Waals surface area contributed by atoms with E-state index in [1.54, 1.807) is 0 Å². The van der Waals surface area contributed by atoms with E-state index in [9.17, 15) is 9.59 Å². The van der Waals surface area contributed by atoms with Gasteiger partial charge in [0.25, 0.3) is 0 Å². The maximum atomic E-state index is 10.2. The number of rotatable bonds is 0. The number of hydrogen-bond acceptors (Lipinski definition) is 6. The molecule has 87 valence electrons. The van der Waals surface area contributed by atoms with Crippen molar-refractivity contribution in [1.82, 2.24) is 10.6 Å². The van der Waals surface area contributed by atoms with Crippen molar-refractivity contribution < 1.29 is 26.7 Å². The molecule has 0 spiro atoms. The van der Waals surface area contributed by atoms with Crippen LogP contribution < -0.4 is 10.6 Å². The van der Waals surface area contributed by atoms with Crippen molar-refractivity contribution >= 4 is 68.4 Å². The van der Waals surface area contributed by atoms with Crippen molar-refractivity contribution in [2.75, 3.05) is 11.5 Å². The molecule has 0 aromatic heterocycles. The van der Waals surface area contributed by atoms with Crippen LogP contribution in [0.25, 0.3) is 0 Å². The third kappa shape index (κ3) is 6.49. The summed E-state index contributed by atoms with van der Waals surface area (Å²) in [7, 11) is 0. The first-order valence-corrected chi connectivity index (χ1v) is 6.30. The molecule has 15 heavy (non-hydrogen) atoms. The predicted octanol–water partition coefficient (Wildman–Crippen LogP) is 0.266. The van der Waals surface area contributed by atoms with Crippen molar-refractivity contribution in [2.45, 2.75) is 0 Å². The maximum Gasteiger partial charge on any atom is 0.235 e. The molecule has 4 nitrogen and oxygen atoms in total. The minimum Gasteiger partial charge on any atom is -0.311 e. The van der Waals surface area contributed by atoms with Crippen molar-refractivity contribution in [1.29, 1.82) is 0 Å². The molecule has 2 saturated heterocycles. The Morgan fingerprint density at radius 3 is 1.33 bits per heavy atom. The molecule has 9 heteroatoms. The number of hydrogen-bond donors (Lipinski definition) is 2. The number of amides is 2. The zero-order valence-electron chi connectivity index (χ0n) is 7.17. The number of carbonyl (C=O) groups excluding carboxylic acids is 2. The van der Waals surface area contributed by atoms with Gasteiger partial charge in [-0.05, 0) is 0 Å². The van der Waals surface area contributed by atoms with Crippen LogP contribution >= 0.6 is 48.0 Å². The van der Waals surface area contributed by atoms with Gasteiger partial charge >= 0.3 is 0 Å². The summed E-state index contributed by atoms with van der Waals surface area (Å²) in [5, 5.41) is 4.94. The van der Waals surface area contributed by atoms with Crippen LogP contribution in [0.5, 0.6) is 0 Å². The molecule has 2 N–H and O–H groups in total. The van der Waals surface area contributed by atoms with Crippen molar-refractivity contribution in [3.05, 3.63) is 0 Å². The zero-order valence-corrected chi connectivity index (χ0v) is 11.4. The molecule has 0 aromatic rings. The second-order valence-electron chi connectivity index (χ2n) is 2.25. The molecule has 2 fully saturated rings. The van der Waals surface area contributed by atoms with Crippen LogP contribution in [0.15, 0.2) is 0 Å². The van der Waals surface area contributed by atoms with E-state index in [4.69, 9.17) is 0 Å². The zero-order chi connectivity index (χ0) is 10.6. The van der Waals surface area contributed by atoms with Crippen molar-refractivity contribution in [3.8, 4) is 0 Å². The summed E-state index contributed by atoms with van der Waals surface area (Å²) in [6, 6.07) is 0. The normalized spacial score (nSPS) is 18.7. The third-order valence-electron chi connectivity index (χ3n) is 1.15. The molecular weight excluding hydrogens is 324 g/mol. The first kappa shape index (κ1) is 15.3. The first-order chi connectivity index (χ1) is 6.58. The van der Waals surface area contributed by atoms with E-state index in [2.05, 4.69) is 35.1 Å². The molecular formula is C6H6CuN2O2S4. The van der Waals surface area contributed by atoms with Crippen LogP contribution in [-0.2, 0) is 26.7 Å². The molecule has 0 unspecified atom stereocenters. The molecule has 0 aliphatic carbocycles. The van der Waals surface area contributed by atoms with Crippen LogP contribution in [-0.4, -0.2) is 32.0 Å². The molecule has 0 atom stereocenters. The summed E-state index contributed by atoms with van der Waals surface area (Å²) in [6.07, 6.45) is 0. The summed E-state index contributed by atoms with van der Waals surface area (Å²) in [5.41, 5.74) is 0. The Morgan fingerprint density at radius 1 is 0.933 bits per heavy atom. The molecule has 2 aliphatic rings. The van der Waals surface area contributed by atoms with Gasteiger partial charge in [-0.3, -0.25) is 9.59 Å². The Hall–Kier alpha value is 0.339. The van der Waals surface area contributed by atoms with Gasteiger partial charge in [0, 0.05) is 17.1 Å². The van der Waals surface area contributed by atoms with Gasteiger partial charge in [-0.25, -0.2) is 0 Å². The molecule has 0 saturated carbocycles. The fraction of sp³-hybridized carbons (Fsp3) is 0.333. The predicted molar refractivity (Wildman–Crippen MR) is 66.4 cm³/mol. The Morgan fingerprint density at radius 2 is 1.27 bits per heavy atom. The van der Waals surface area contributed by atoms with Crippen LogP contribution in [0.1, 0.15) is 0 Å². The average Bonchev–Trinajstić information content (AvgIpc) is 2.63. The van der Waals surface area contributed by atoms with Gasteiger partial charge in [-0.1, -0.05) is 48.0 Å². The number of thioether (sulfide) groups is 2. The van der Waals surface area contributed by atoms with Crippen LogP contribution in [0.2, 0.25) is 0 Å². The van der Waals surface area contributed by atoms with Crippen molar-refractivity contribution in [2.24, 2.45) is 0 Å². The summed E-state index contributed by atoms with van der Waals surface area (Å²) in [6.45, 7) is 0. The maximum absolute atomic E-state index is 10.2. The summed E-state index contributed by atoms with van der Waals surface area (Å²) in [4.78, 5) is 20.5. The van der Waals surface area contributed by atoms with Crippen molar-refractivity contribution in [3.63, 3.8) is 0 Å². The Labute approximate surface area is 117 Å². The van der Waals surface area contributed by atoms with E-state index < -0.39 is 0 Å². The van der Waals surface area contributed by atoms with Gasteiger partial charge in [0.1, 0.15) is 8.64 Å². The van der Waals surface area contributed by atoms with E-state index in [0.29, 0.717) is 20.1 Å². The topological polar surface area (TPSA) is 58.2 Å². The van der Waals surface area contributed by atoms with Crippen LogP contribution in [0, 0.1) is 0 Å². The number of thiocarbonyl (C=S) groups is 2. The summed E-state index contributed by atoms with van der Waals surface area (Å²) >= 11 is 12.0. The fourth-order valence-electron chi connectivity index (χ4n) is 0.634. The molecule has 0 aromatic carbocycles. The van der Waals surface area contributed by atoms with Crippen LogP contribution in [0.4, 0.5) is 0 Å². The molecule has 2 rings (SSSR count). The van der Waals surface area contributed by atoms with Gasteiger partial charge in [0.2, 0.25) is 11.8 Å². The molecule has 2 heterocycles.